The van der Waals surface area contributed by atoms with Gasteiger partial charge in [0, 0.05) is 44.2 Å². The molecule has 0 radical (unpaired) electrons. The number of benzene rings is 8. The molecule has 0 aliphatic heterocycles. The second kappa shape index (κ2) is 11.9. The van der Waals surface area contributed by atoms with Crippen molar-refractivity contribution in [3.63, 3.8) is 0 Å². The molecule has 0 spiro atoms. The summed E-state index contributed by atoms with van der Waals surface area (Å²) in [6, 6.07) is 66.1. The zero-order chi connectivity index (χ0) is 33.7. The Bertz CT molecular complexity index is 2780. The lowest BCUT2D eigenvalue weighted by molar-refractivity contribution is 0.663. The molecule has 0 atom stereocenters. The molecule has 0 saturated heterocycles. The van der Waals surface area contributed by atoms with Crippen LogP contribution in [0.1, 0.15) is 0 Å². The van der Waals surface area contributed by atoms with Crippen LogP contribution < -0.4 is 4.90 Å². The van der Waals surface area contributed by atoms with Crippen molar-refractivity contribution < 1.29 is 8.83 Å². The highest BCUT2D eigenvalue weighted by molar-refractivity contribution is 6.27. The van der Waals surface area contributed by atoms with Crippen LogP contribution in [-0.2, 0) is 0 Å². The van der Waals surface area contributed by atoms with E-state index in [0.717, 1.165) is 83.2 Å². The molecule has 2 heterocycles. The van der Waals surface area contributed by atoms with Crippen molar-refractivity contribution in [1.29, 1.82) is 0 Å². The summed E-state index contributed by atoms with van der Waals surface area (Å²) < 4.78 is 13.1. The Morgan fingerprint density at radius 1 is 0.314 bits per heavy atom. The molecule has 0 unspecified atom stereocenters. The zero-order valence-electron chi connectivity index (χ0n) is 27.7. The average molecular weight is 654 g/mol. The van der Waals surface area contributed by atoms with Gasteiger partial charge in [-0.15, -0.1) is 0 Å². The third kappa shape index (κ3) is 4.98. The van der Waals surface area contributed by atoms with Gasteiger partial charge in [0.15, 0.2) is 0 Å². The first-order valence-corrected chi connectivity index (χ1v) is 17.3. The van der Waals surface area contributed by atoms with E-state index in [1.165, 1.54) is 11.1 Å². The van der Waals surface area contributed by atoms with Gasteiger partial charge in [-0.1, -0.05) is 121 Å². The van der Waals surface area contributed by atoms with Gasteiger partial charge in [0.25, 0.3) is 0 Å². The Morgan fingerprint density at radius 2 is 0.804 bits per heavy atom. The first-order valence-electron chi connectivity index (χ1n) is 17.3. The fraction of sp³-hybridized carbons (Fsp3) is 0. The summed E-state index contributed by atoms with van der Waals surface area (Å²) in [4.78, 5) is 2.28. The molecule has 0 amide bonds. The maximum atomic E-state index is 6.80. The number of anilines is 3. The minimum atomic E-state index is 0.845. The van der Waals surface area contributed by atoms with Crippen LogP contribution in [0.4, 0.5) is 17.1 Å². The molecule has 10 rings (SSSR count). The van der Waals surface area contributed by atoms with Crippen molar-refractivity contribution in [1.82, 2.24) is 0 Å². The Hall–Kier alpha value is -6.84. The molecule has 3 nitrogen and oxygen atoms in total. The van der Waals surface area contributed by atoms with Crippen LogP contribution >= 0.6 is 0 Å². The molecular formula is C48H31NO2. The predicted molar refractivity (Wildman–Crippen MR) is 212 cm³/mol. The van der Waals surface area contributed by atoms with Crippen LogP contribution in [0.15, 0.2) is 197 Å². The van der Waals surface area contributed by atoms with E-state index in [9.17, 15) is 0 Å². The fourth-order valence-corrected chi connectivity index (χ4v) is 7.44. The first-order chi connectivity index (χ1) is 25.3. The Labute approximate surface area is 295 Å². The highest BCUT2D eigenvalue weighted by Gasteiger charge is 2.21. The molecule has 8 aromatic carbocycles. The molecule has 0 aliphatic rings. The smallest absolute Gasteiger partial charge is 0.143 e. The van der Waals surface area contributed by atoms with E-state index in [4.69, 9.17) is 8.83 Å². The van der Waals surface area contributed by atoms with Gasteiger partial charge in [-0.05, 0) is 94.5 Å². The largest absolute Gasteiger partial charge is 0.456 e. The normalized spacial score (nSPS) is 11.5. The minimum absolute atomic E-state index is 0.845. The van der Waals surface area contributed by atoms with E-state index < -0.39 is 0 Å². The fourth-order valence-electron chi connectivity index (χ4n) is 7.44. The molecule has 0 aliphatic carbocycles. The SMILES string of the molecule is c1ccc(-c2ccc(-c3cc(-c4ccc(N(c5ccccc5)c5ccccc5)cc4)c4oc5ccc6oc7ccccc7c6c5c4c3)cc2)cc1. The van der Waals surface area contributed by atoms with Crippen LogP contribution in [-0.4, -0.2) is 0 Å². The summed E-state index contributed by atoms with van der Waals surface area (Å²) >= 11 is 0. The van der Waals surface area contributed by atoms with E-state index in [0.29, 0.717) is 0 Å². The molecule has 0 saturated carbocycles. The van der Waals surface area contributed by atoms with Gasteiger partial charge >= 0.3 is 0 Å². The monoisotopic (exact) mass is 653 g/mol. The van der Waals surface area contributed by atoms with Crippen LogP contribution in [0.3, 0.4) is 0 Å². The van der Waals surface area contributed by atoms with Crippen LogP contribution in [0.5, 0.6) is 0 Å². The van der Waals surface area contributed by atoms with Gasteiger partial charge in [-0.2, -0.15) is 0 Å². The topological polar surface area (TPSA) is 29.5 Å². The third-order valence-electron chi connectivity index (χ3n) is 9.87. The van der Waals surface area contributed by atoms with Crippen molar-refractivity contribution >= 4 is 60.9 Å². The Morgan fingerprint density at radius 3 is 1.47 bits per heavy atom. The number of fused-ring (bicyclic) bond motifs is 7. The lowest BCUT2D eigenvalue weighted by atomic mass is 9.94. The number of hydrogen-bond donors (Lipinski definition) is 0. The molecular weight excluding hydrogens is 623 g/mol. The average Bonchev–Trinajstić information content (AvgIpc) is 3.77. The molecule has 0 N–H and O–H groups in total. The molecule has 3 heteroatoms. The van der Waals surface area contributed by atoms with Crippen molar-refractivity contribution in [2.24, 2.45) is 0 Å². The first kappa shape index (κ1) is 29.1. The Balaban J connectivity index is 1.18. The molecule has 240 valence electrons. The number of nitrogens with zero attached hydrogens (tertiary/aromatic N) is 1. The molecule has 0 bridgehead atoms. The summed E-state index contributed by atoms with van der Waals surface area (Å²) in [7, 11) is 0. The quantitative estimate of drug-likeness (QED) is 0.179. The van der Waals surface area contributed by atoms with E-state index in [-0.39, 0.29) is 0 Å². The van der Waals surface area contributed by atoms with Gasteiger partial charge in [-0.25, -0.2) is 0 Å². The van der Waals surface area contributed by atoms with Gasteiger partial charge in [0.2, 0.25) is 0 Å². The second-order valence-corrected chi connectivity index (χ2v) is 12.9. The minimum Gasteiger partial charge on any atom is -0.456 e. The molecule has 51 heavy (non-hydrogen) atoms. The predicted octanol–water partition coefficient (Wildman–Crippen LogP) is 14.0. The summed E-state index contributed by atoms with van der Waals surface area (Å²) in [5.74, 6) is 0. The Kier molecular flexibility index (Phi) is 6.81. The second-order valence-electron chi connectivity index (χ2n) is 12.9. The lowest BCUT2D eigenvalue weighted by Gasteiger charge is -2.25. The van der Waals surface area contributed by atoms with E-state index in [1.807, 2.05) is 24.3 Å². The lowest BCUT2D eigenvalue weighted by Crippen LogP contribution is -2.09. The molecule has 0 fully saturated rings. The summed E-state index contributed by atoms with van der Waals surface area (Å²) in [6.07, 6.45) is 0. The standard InChI is InChI=1S/C48H31NO2/c1-4-12-32(13-5-1)33-20-22-34(23-21-33)36-30-41(35-24-26-39(27-25-35)49(37-14-6-2-7-15-37)38-16-8-3-9-17-38)48-42(31-36)47-45(51-48)29-28-44-46(47)40-18-10-11-19-43(40)50-44/h1-31H. The third-order valence-corrected chi connectivity index (χ3v) is 9.87. The molecule has 10 aromatic rings. The maximum absolute atomic E-state index is 6.80. The number of rotatable bonds is 6. The highest BCUT2D eigenvalue weighted by atomic mass is 16.3. The van der Waals surface area contributed by atoms with Crippen molar-refractivity contribution in [2.45, 2.75) is 0 Å². The number of hydrogen-bond acceptors (Lipinski definition) is 3. The van der Waals surface area contributed by atoms with Gasteiger partial charge in [-0.3, -0.25) is 0 Å². The van der Waals surface area contributed by atoms with Crippen LogP contribution in [0.25, 0.3) is 77.3 Å². The van der Waals surface area contributed by atoms with Crippen molar-refractivity contribution in [3.8, 4) is 33.4 Å². The van der Waals surface area contributed by atoms with E-state index in [2.05, 4.69) is 169 Å². The van der Waals surface area contributed by atoms with Gasteiger partial charge in [0.05, 0.1) is 0 Å². The zero-order valence-corrected chi connectivity index (χ0v) is 27.7. The maximum Gasteiger partial charge on any atom is 0.143 e. The van der Waals surface area contributed by atoms with Crippen molar-refractivity contribution in [2.75, 3.05) is 4.90 Å². The van der Waals surface area contributed by atoms with E-state index >= 15 is 0 Å². The van der Waals surface area contributed by atoms with Gasteiger partial charge in [0.1, 0.15) is 22.3 Å². The van der Waals surface area contributed by atoms with Crippen LogP contribution in [0.2, 0.25) is 0 Å². The summed E-state index contributed by atoms with van der Waals surface area (Å²) in [6.45, 7) is 0. The highest BCUT2D eigenvalue weighted by Crippen LogP contribution is 2.45. The number of para-hydroxylation sites is 3. The number of furan rings is 2. The summed E-state index contributed by atoms with van der Waals surface area (Å²) in [5, 5.41) is 4.32. The van der Waals surface area contributed by atoms with Crippen molar-refractivity contribution in [3.05, 3.63) is 188 Å². The van der Waals surface area contributed by atoms with Crippen LogP contribution in [0, 0.1) is 0 Å². The summed E-state index contributed by atoms with van der Waals surface area (Å²) in [5.41, 5.74) is 13.5. The van der Waals surface area contributed by atoms with Gasteiger partial charge < -0.3 is 13.7 Å². The molecule has 2 aromatic heterocycles. The van der Waals surface area contributed by atoms with E-state index in [1.54, 1.807) is 0 Å².